The highest BCUT2D eigenvalue weighted by Crippen LogP contribution is 2.32. The Hall–Kier alpha value is -4.39. The zero-order chi connectivity index (χ0) is 22.4. The molecule has 2 N–H and O–H groups in total. The van der Waals surface area contributed by atoms with Crippen LogP contribution in [0.2, 0.25) is 0 Å². The summed E-state index contributed by atoms with van der Waals surface area (Å²) in [5, 5.41) is 23.5. The van der Waals surface area contributed by atoms with Gasteiger partial charge in [0.05, 0.1) is 29.3 Å². The number of benzene rings is 1. The van der Waals surface area contributed by atoms with Crippen LogP contribution in [0.4, 0.5) is 0 Å². The lowest BCUT2D eigenvalue weighted by Gasteiger charge is -2.35. The number of hydrogen-bond acceptors (Lipinski definition) is 6. The zero-order valence-electron chi connectivity index (χ0n) is 17.4. The van der Waals surface area contributed by atoms with Crippen molar-refractivity contribution in [2.75, 3.05) is 20.1 Å². The highest BCUT2D eigenvalue weighted by molar-refractivity contribution is 6.04. The monoisotopic (exact) mass is 429 g/mol. The van der Waals surface area contributed by atoms with Crippen LogP contribution >= 0.6 is 0 Å². The number of hydrogen-bond donors (Lipinski definition) is 2. The summed E-state index contributed by atoms with van der Waals surface area (Å²) in [6.07, 6.45) is 3.29. The molecule has 1 aromatic carbocycles. The molecule has 4 heterocycles. The number of nitrogens with one attached hydrogen (secondary N) is 2. The van der Waals surface area contributed by atoms with Gasteiger partial charge in [-0.05, 0) is 24.6 Å². The van der Waals surface area contributed by atoms with Crippen LogP contribution in [0.1, 0.15) is 26.4 Å². The van der Waals surface area contributed by atoms with Crippen LogP contribution in [0.15, 0.2) is 36.7 Å². The Labute approximate surface area is 182 Å². The van der Waals surface area contributed by atoms with E-state index < -0.39 is 0 Å². The van der Waals surface area contributed by atoms with Crippen molar-refractivity contribution in [3.63, 3.8) is 0 Å². The van der Waals surface area contributed by atoms with E-state index >= 15 is 0 Å². The fourth-order valence-corrected chi connectivity index (χ4v) is 3.90. The van der Waals surface area contributed by atoms with Crippen LogP contribution in [0.25, 0.3) is 16.4 Å². The van der Waals surface area contributed by atoms with Gasteiger partial charge in [-0.25, -0.2) is 4.52 Å². The third kappa shape index (κ3) is 3.02. The van der Waals surface area contributed by atoms with Gasteiger partial charge in [-0.3, -0.25) is 14.7 Å². The number of nitriles is 1. The number of nitrogens with zero attached hydrogens (tertiary/aromatic N) is 5. The first-order chi connectivity index (χ1) is 15.5. The summed E-state index contributed by atoms with van der Waals surface area (Å²) in [4.78, 5) is 26.5. The average molecular weight is 429 g/mol. The average Bonchev–Trinajstić information content (AvgIpc) is 3.34. The van der Waals surface area contributed by atoms with Crippen LogP contribution < -0.4 is 10.1 Å². The van der Waals surface area contributed by atoms with E-state index in [2.05, 4.69) is 26.7 Å². The quantitative estimate of drug-likeness (QED) is 0.512. The number of rotatable bonds is 4. The molecule has 1 saturated heterocycles. The fraction of sp³-hybridized carbons (Fsp3) is 0.227. The Kier molecular flexibility index (Phi) is 4.52. The lowest BCUT2D eigenvalue weighted by atomic mass is 10.0. The predicted molar refractivity (Wildman–Crippen MR) is 114 cm³/mol. The van der Waals surface area contributed by atoms with Crippen molar-refractivity contribution in [3.05, 3.63) is 53.5 Å². The van der Waals surface area contributed by atoms with Gasteiger partial charge in [-0.1, -0.05) is 0 Å². The molecule has 2 amide bonds. The highest BCUT2D eigenvalue weighted by Gasteiger charge is 2.33. The molecule has 0 spiro atoms. The molecule has 10 nitrogen and oxygen atoms in total. The molecule has 3 aromatic heterocycles. The van der Waals surface area contributed by atoms with E-state index in [0.717, 1.165) is 5.56 Å². The molecule has 1 fully saturated rings. The van der Waals surface area contributed by atoms with Crippen molar-refractivity contribution in [3.8, 4) is 17.6 Å². The molecule has 1 aliphatic heterocycles. The van der Waals surface area contributed by atoms with Crippen LogP contribution in [0.3, 0.4) is 0 Å². The molecule has 10 heteroatoms. The molecule has 0 unspecified atom stereocenters. The molecule has 0 radical (unpaired) electrons. The van der Waals surface area contributed by atoms with Crippen LogP contribution in [-0.2, 0) is 0 Å². The molecular formula is C22H19N7O3. The van der Waals surface area contributed by atoms with Crippen molar-refractivity contribution in [2.45, 2.75) is 6.92 Å². The van der Waals surface area contributed by atoms with Crippen molar-refractivity contribution < 1.29 is 14.3 Å². The molecule has 32 heavy (non-hydrogen) atoms. The van der Waals surface area contributed by atoms with E-state index in [4.69, 9.17) is 10.00 Å². The number of carbonyl (C=O) groups excluding carboxylic acids is 2. The van der Waals surface area contributed by atoms with Gasteiger partial charge in [0.25, 0.3) is 11.8 Å². The van der Waals surface area contributed by atoms with Crippen LogP contribution in [0, 0.1) is 24.2 Å². The van der Waals surface area contributed by atoms with Gasteiger partial charge in [0.2, 0.25) is 0 Å². The summed E-state index contributed by atoms with van der Waals surface area (Å²) < 4.78 is 7.75. The number of H-pyrrole nitrogens is 1. The van der Waals surface area contributed by atoms with E-state index in [1.165, 1.54) is 0 Å². The number of aromatic amines is 1. The van der Waals surface area contributed by atoms with Crippen LogP contribution in [0.5, 0.6) is 11.5 Å². The molecule has 0 bridgehead atoms. The van der Waals surface area contributed by atoms with E-state index in [9.17, 15) is 9.59 Å². The first-order valence-electron chi connectivity index (χ1n) is 10.0. The lowest BCUT2D eigenvalue weighted by Crippen LogP contribution is -2.49. The number of fused-ring (bicyclic) bond motifs is 2. The second kappa shape index (κ2) is 7.39. The van der Waals surface area contributed by atoms with Crippen LogP contribution in [-0.4, -0.2) is 56.7 Å². The summed E-state index contributed by atoms with van der Waals surface area (Å²) in [6.45, 7) is 2.74. The van der Waals surface area contributed by atoms with E-state index in [1.54, 1.807) is 53.1 Å². The molecule has 1 aliphatic rings. The number of likely N-dealkylation sites (tertiary alicyclic amines) is 1. The van der Waals surface area contributed by atoms with Crippen molar-refractivity contribution in [1.29, 1.82) is 5.26 Å². The second-order valence-corrected chi connectivity index (χ2v) is 7.65. The summed E-state index contributed by atoms with van der Waals surface area (Å²) in [6, 6.07) is 9.20. The van der Waals surface area contributed by atoms with Crippen molar-refractivity contribution in [1.82, 2.24) is 30.0 Å². The van der Waals surface area contributed by atoms with Gasteiger partial charge in [0, 0.05) is 43.9 Å². The largest absolute Gasteiger partial charge is 0.455 e. The van der Waals surface area contributed by atoms with E-state index in [0.29, 0.717) is 52.3 Å². The standard InChI is InChI=1S/C22H19N7O3/c1-12-16(22(31)28-9-13(8-23)10-28)11-29-20(12)18(5-6-25-29)32-14-3-4-15-17(7-14)26-27-19(15)21(30)24-2/h3-7,11,13H,9-10H2,1-2H3,(H,24,30)(H,26,27). The summed E-state index contributed by atoms with van der Waals surface area (Å²) in [7, 11) is 1.55. The topological polar surface area (TPSA) is 128 Å². The van der Waals surface area contributed by atoms with Gasteiger partial charge in [0.15, 0.2) is 11.4 Å². The number of amides is 2. The van der Waals surface area contributed by atoms with E-state index in [1.807, 2.05) is 6.92 Å². The maximum atomic E-state index is 12.9. The van der Waals surface area contributed by atoms with Gasteiger partial charge in [0.1, 0.15) is 11.3 Å². The number of carbonyl (C=O) groups is 2. The van der Waals surface area contributed by atoms with Gasteiger partial charge >= 0.3 is 0 Å². The molecule has 4 aromatic rings. The van der Waals surface area contributed by atoms with E-state index in [-0.39, 0.29) is 17.7 Å². The first kappa shape index (κ1) is 19.6. The minimum atomic E-state index is -0.273. The SMILES string of the molecule is CNC(=O)c1n[nH]c2cc(Oc3ccnn4cc(C(=O)N5CC(C#N)C5)c(C)c34)ccc12. The molecule has 160 valence electrons. The lowest BCUT2D eigenvalue weighted by molar-refractivity contribution is 0.0576. The predicted octanol–water partition coefficient (Wildman–Crippen LogP) is 2.27. The van der Waals surface area contributed by atoms with Crippen molar-refractivity contribution >= 4 is 28.2 Å². The Morgan fingerprint density at radius 2 is 2.12 bits per heavy atom. The van der Waals surface area contributed by atoms with Gasteiger partial charge < -0.3 is 15.0 Å². The molecule has 0 saturated carbocycles. The fourth-order valence-electron chi connectivity index (χ4n) is 3.90. The first-order valence-corrected chi connectivity index (χ1v) is 10.0. The Morgan fingerprint density at radius 1 is 1.31 bits per heavy atom. The summed E-state index contributed by atoms with van der Waals surface area (Å²) in [5.74, 6) is 0.594. The minimum absolute atomic E-state index is 0.102. The Balaban J connectivity index is 1.47. The highest BCUT2D eigenvalue weighted by atomic mass is 16.5. The van der Waals surface area contributed by atoms with Gasteiger partial charge in [-0.2, -0.15) is 15.5 Å². The molecule has 0 atom stereocenters. The Bertz CT molecular complexity index is 1420. The maximum Gasteiger partial charge on any atom is 0.272 e. The minimum Gasteiger partial charge on any atom is -0.455 e. The zero-order valence-corrected chi connectivity index (χ0v) is 17.4. The normalized spacial score (nSPS) is 13.7. The maximum absolute atomic E-state index is 12.9. The molecule has 0 aliphatic carbocycles. The van der Waals surface area contributed by atoms with Gasteiger partial charge in [-0.15, -0.1) is 0 Å². The Morgan fingerprint density at radius 3 is 2.88 bits per heavy atom. The number of aryl methyl sites for hydroxylation is 1. The molecule has 5 rings (SSSR count). The number of aromatic nitrogens is 4. The smallest absolute Gasteiger partial charge is 0.272 e. The third-order valence-electron chi connectivity index (χ3n) is 5.68. The second-order valence-electron chi connectivity index (χ2n) is 7.65. The third-order valence-corrected chi connectivity index (χ3v) is 5.68. The molecular weight excluding hydrogens is 410 g/mol. The summed E-state index contributed by atoms with van der Waals surface area (Å²) in [5.41, 5.74) is 2.95. The number of ether oxygens (including phenoxy) is 1. The van der Waals surface area contributed by atoms with Crippen molar-refractivity contribution in [2.24, 2.45) is 5.92 Å². The summed E-state index contributed by atoms with van der Waals surface area (Å²) >= 11 is 0.